The molecule has 0 saturated heterocycles. The van der Waals surface area contributed by atoms with Gasteiger partial charge in [-0.15, -0.1) is 0 Å². The molecule has 0 aliphatic rings. The van der Waals surface area contributed by atoms with Crippen molar-refractivity contribution in [2.45, 2.75) is 20.4 Å². The van der Waals surface area contributed by atoms with Crippen LogP contribution in [0.5, 0.6) is 0 Å². The molecule has 122 valence electrons. The quantitative estimate of drug-likeness (QED) is 0.792. The van der Waals surface area contributed by atoms with Gasteiger partial charge in [-0.1, -0.05) is 30.3 Å². The summed E-state index contributed by atoms with van der Waals surface area (Å²) in [4.78, 5) is 24.5. The molecule has 2 aromatic carbocycles. The highest BCUT2D eigenvalue weighted by molar-refractivity contribution is 5.91. The van der Waals surface area contributed by atoms with Gasteiger partial charge in [0, 0.05) is 5.69 Å². The Balaban J connectivity index is 1.77. The number of hydrogen-bond acceptors (Lipinski definition) is 4. The van der Waals surface area contributed by atoms with Gasteiger partial charge in [0.1, 0.15) is 6.54 Å². The fourth-order valence-electron chi connectivity index (χ4n) is 2.30. The van der Waals surface area contributed by atoms with E-state index in [4.69, 9.17) is 0 Å². The van der Waals surface area contributed by atoms with Crippen LogP contribution in [0.2, 0.25) is 0 Å². The van der Waals surface area contributed by atoms with Crippen LogP contribution in [0.1, 0.15) is 11.1 Å². The van der Waals surface area contributed by atoms with Crippen LogP contribution in [0.25, 0.3) is 5.69 Å². The lowest BCUT2D eigenvalue weighted by molar-refractivity contribution is -0.117. The molecule has 0 aliphatic heterocycles. The molecule has 1 N–H and O–H groups in total. The number of anilines is 1. The van der Waals surface area contributed by atoms with Crippen LogP contribution < -0.4 is 11.0 Å². The summed E-state index contributed by atoms with van der Waals surface area (Å²) >= 11 is 0. The Bertz CT molecular complexity index is 928. The smallest absolute Gasteiger partial charge is 0.324 e. The van der Waals surface area contributed by atoms with E-state index in [0.717, 1.165) is 26.2 Å². The summed E-state index contributed by atoms with van der Waals surface area (Å²) < 4.78 is 2.19. The van der Waals surface area contributed by atoms with E-state index in [1.165, 1.54) is 0 Å². The van der Waals surface area contributed by atoms with Crippen molar-refractivity contribution < 1.29 is 4.79 Å². The monoisotopic (exact) mass is 323 g/mol. The largest absolute Gasteiger partial charge is 0.368 e. The van der Waals surface area contributed by atoms with Crippen molar-refractivity contribution in [1.29, 1.82) is 0 Å². The van der Waals surface area contributed by atoms with E-state index in [9.17, 15) is 9.59 Å². The predicted octanol–water partition coefficient (Wildman–Crippen LogP) is 1.68. The predicted molar refractivity (Wildman–Crippen MR) is 90.2 cm³/mol. The number of carbonyl (C=O) groups excluding carboxylic acids is 1. The van der Waals surface area contributed by atoms with Gasteiger partial charge in [0.25, 0.3) is 0 Å². The average Bonchev–Trinajstić information content (AvgIpc) is 2.92. The molecule has 1 heterocycles. The molecule has 1 amide bonds. The lowest BCUT2D eigenvalue weighted by Crippen LogP contribution is -2.29. The van der Waals surface area contributed by atoms with Gasteiger partial charge < -0.3 is 5.32 Å². The molecule has 0 bridgehead atoms. The van der Waals surface area contributed by atoms with Crippen molar-refractivity contribution in [3.8, 4) is 5.69 Å². The van der Waals surface area contributed by atoms with E-state index < -0.39 is 5.69 Å². The molecule has 0 spiro atoms. The van der Waals surface area contributed by atoms with Gasteiger partial charge in [-0.25, -0.2) is 4.79 Å². The normalized spacial score (nSPS) is 10.6. The number of carbonyl (C=O) groups is 1. The molecule has 0 fully saturated rings. The zero-order valence-electron chi connectivity index (χ0n) is 13.4. The molecule has 0 atom stereocenters. The van der Waals surface area contributed by atoms with E-state index in [0.29, 0.717) is 5.69 Å². The molecule has 3 aromatic rings. The summed E-state index contributed by atoms with van der Waals surface area (Å²) in [5, 5.41) is 10.4. The zero-order valence-corrected chi connectivity index (χ0v) is 13.4. The summed E-state index contributed by atoms with van der Waals surface area (Å²) in [5.41, 5.74) is 2.86. The molecule has 0 radical (unpaired) electrons. The third-order valence-corrected chi connectivity index (χ3v) is 3.60. The molecule has 7 heteroatoms. The second-order valence-corrected chi connectivity index (χ2v) is 5.53. The van der Waals surface area contributed by atoms with Crippen LogP contribution in [0.3, 0.4) is 0 Å². The first kappa shape index (κ1) is 15.7. The first-order valence-electron chi connectivity index (χ1n) is 7.50. The Morgan fingerprint density at radius 1 is 1.08 bits per heavy atom. The molecule has 0 saturated carbocycles. The van der Waals surface area contributed by atoms with Crippen molar-refractivity contribution in [1.82, 2.24) is 19.8 Å². The number of para-hydroxylation sites is 1. The number of benzene rings is 2. The summed E-state index contributed by atoms with van der Waals surface area (Å²) in [7, 11) is 0. The number of amides is 1. The molecular weight excluding hydrogens is 306 g/mol. The van der Waals surface area contributed by atoms with Gasteiger partial charge in [0.2, 0.25) is 5.91 Å². The standard InChI is InChI=1S/C17H17N5O2/c1-12-8-9-13(2)15(10-12)18-16(23)11-21-17(24)22(20-19-21)14-6-4-3-5-7-14/h3-10H,11H2,1-2H3,(H,18,23). The number of nitrogens with one attached hydrogen (secondary N) is 1. The maximum absolute atomic E-state index is 12.3. The highest BCUT2D eigenvalue weighted by Crippen LogP contribution is 2.16. The van der Waals surface area contributed by atoms with E-state index in [-0.39, 0.29) is 12.5 Å². The number of aromatic nitrogens is 4. The van der Waals surface area contributed by atoms with Crippen molar-refractivity contribution in [3.63, 3.8) is 0 Å². The van der Waals surface area contributed by atoms with E-state index in [1.54, 1.807) is 24.3 Å². The summed E-state index contributed by atoms with van der Waals surface area (Å²) in [6, 6.07) is 14.7. The highest BCUT2D eigenvalue weighted by Gasteiger charge is 2.13. The van der Waals surface area contributed by atoms with E-state index in [1.807, 2.05) is 38.1 Å². The van der Waals surface area contributed by atoms with Gasteiger partial charge in [0.05, 0.1) is 5.69 Å². The first-order chi connectivity index (χ1) is 11.5. The van der Waals surface area contributed by atoms with Crippen molar-refractivity contribution in [2.24, 2.45) is 0 Å². The maximum atomic E-state index is 12.3. The maximum Gasteiger partial charge on any atom is 0.368 e. The second-order valence-electron chi connectivity index (χ2n) is 5.53. The number of rotatable bonds is 4. The van der Waals surface area contributed by atoms with Gasteiger partial charge in [0.15, 0.2) is 0 Å². The topological polar surface area (TPSA) is 81.8 Å². The molecule has 7 nitrogen and oxygen atoms in total. The minimum Gasteiger partial charge on any atom is -0.324 e. The van der Waals surface area contributed by atoms with Gasteiger partial charge in [-0.2, -0.15) is 9.36 Å². The van der Waals surface area contributed by atoms with Crippen LogP contribution in [0.4, 0.5) is 5.69 Å². The highest BCUT2D eigenvalue weighted by atomic mass is 16.2. The van der Waals surface area contributed by atoms with Crippen molar-refractivity contribution >= 4 is 11.6 Å². The van der Waals surface area contributed by atoms with E-state index in [2.05, 4.69) is 15.7 Å². The van der Waals surface area contributed by atoms with Crippen LogP contribution in [0, 0.1) is 13.8 Å². The van der Waals surface area contributed by atoms with Gasteiger partial charge >= 0.3 is 5.69 Å². The van der Waals surface area contributed by atoms with Crippen molar-refractivity contribution in [3.05, 3.63) is 70.1 Å². The Kier molecular flexibility index (Phi) is 4.24. The van der Waals surface area contributed by atoms with Crippen LogP contribution >= 0.6 is 0 Å². The molecule has 0 aliphatic carbocycles. The number of aryl methyl sites for hydroxylation is 2. The zero-order chi connectivity index (χ0) is 17.1. The van der Waals surface area contributed by atoms with Crippen LogP contribution in [0.15, 0.2) is 53.3 Å². The van der Waals surface area contributed by atoms with Crippen LogP contribution in [-0.4, -0.2) is 25.7 Å². The van der Waals surface area contributed by atoms with Gasteiger partial charge in [-0.3, -0.25) is 4.79 Å². The minimum atomic E-state index is -0.461. The minimum absolute atomic E-state index is 0.195. The average molecular weight is 323 g/mol. The molecule has 0 unspecified atom stereocenters. The Morgan fingerprint density at radius 3 is 2.58 bits per heavy atom. The third-order valence-electron chi connectivity index (χ3n) is 3.60. The summed E-state index contributed by atoms with van der Waals surface area (Å²) in [6.45, 7) is 3.66. The Morgan fingerprint density at radius 2 is 1.83 bits per heavy atom. The number of tetrazole rings is 1. The summed E-state index contributed by atoms with van der Waals surface area (Å²) in [6.07, 6.45) is 0. The Hall–Kier alpha value is -3.22. The van der Waals surface area contributed by atoms with E-state index >= 15 is 0 Å². The second kappa shape index (κ2) is 6.49. The van der Waals surface area contributed by atoms with Gasteiger partial charge in [-0.05, 0) is 53.6 Å². The SMILES string of the molecule is Cc1ccc(C)c(NC(=O)Cn2nnn(-c3ccccc3)c2=O)c1. The first-order valence-corrected chi connectivity index (χ1v) is 7.50. The molecule has 1 aromatic heterocycles. The number of hydrogen-bond donors (Lipinski definition) is 1. The fraction of sp³-hybridized carbons (Fsp3) is 0.176. The summed E-state index contributed by atoms with van der Waals surface area (Å²) in [5.74, 6) is -0.328. The fourth-order valence-corrected chi connectivity index (χ4v) is 2.30. The molecular formula is C17H17N5O2. The van der Waals surface area contributed by atoms with Crippen LogP contribution in [-0.2, 0) is 11.3 Å². The Labute approximate surface area is 138 Å². The number of nitrogens with zero attached hydrogens (tertiary/aromatic N) is 4. The lowest BCUT2D eigenvalue weighted by atomic mass is 10.1. The molecule has 3 rings (SSSR count). The lowest BCUT2D eigenvalue weighted by Gasteiger charge is -2.08. The molecule has 24 heavy (non-hydrogen) atoms. The van der Waals surface area contributed by atoms with Crippen molar-refractivity contribution in [2.75, 3.05) is 5.32 Å². The third kappa shape index (κ3) is 3.24.